The second-order valence-corrected chi connectivity index (χ2v) is 5.66. The summed E-state index contributed by atoms with van der Waals surface area (Å²) in [6.07, 6.45) is 1.19. The first kappa shape index (κ1) is 18.0. The second-order valence-electron chi connectivity index (χ2n) is 5.66. The molecule has 1 amide bonds. The first-order valence-electron chi connectivity index (χ1n) is 7.88. The third-order valence-corrected chi connectivity index (χ3v) is 4.38. The first-order valence-corrected chi connectivity index (χ1v) is 7.88. The van der Waals surface area contributed by atoms with Gasteiger partial charge in [0.25, 0.3) is 0 Å². The number of aryl methyl sites for hydroxylation is 1. The first-order chi connectivity index (χ1) is 11.2. The molecule has 0 aliphatic carbocycles. The zero-order valence-electron chi connectivity index (χ0n) is 13.8. The van der Waals surface area contributed by atoms with Crippen molar-refractivity contribution in [1.29, 1.82) is 5.26 Å². The maximum absolute atomic E-state index is 12.0. The largest absolute Gasteiger partial charge is 0.450 e. The van der Waals surface area contributed by atoms with Crippen LogP contribution in [-0.2, 0) is 17.6 Å². The number of amides is 1. The number of hydrogen-bond donors (Lipinski definition) is 0. The molecule has 0 saturated carbocycles. The van der Waals surface area contributed by atoms with Gasteiger partial charge < -0.3 is 9.64 Å². The van der Waals surface area contributed by atoms with E-state index in [2.05, 4.69) is 13.0 Å². The molecule has 0 atom stereocenters. The molecule has 1 aliphatic rings. The summed E-state index contributed by atoms with van der Waals surface area (Å²) in [6, 6.07) is 7.91. The van der Waals surface area contributed by atoms with Crippen LogP contribution in [0.25, 0.3) is 10.9 Å². The molecular weight excluding hydrogens is 326 g/mol. The van der Waals surface area contributed by atoms with E-state index < -0.39 is 0 Å². The molecular formula is C18H20ClN3O2. The summed E-state index contributed by atoms with van der Waals surface area (Å²) >= 11 is 0. The van der Waals surface area contributed by atoms with Crippen LogP contribution in [0.3, 0.4) is 0 Å². The summed E-state index contributed by atoms with van der Waals surface area (Å²) in [5, 5.41) is 10.3. The SMILES string of the molecule is CCOC(=O)N1CCc2nc3c(C#N)cccc3c(C)c2CC1.Cl. The number of pyridine rings is 1. The van der Waals surface area contributed by atoms with Crippen molar-refractivity contribution >= 4 is 29.4 Å². The molecule has 2 heterocycles. The lowest BCUT2D eigenvalue weighted by Crippen LogP contribution is -2.33. The van der Waals surface area contributed by atoms with Crippen molar-refractivity contribution in [2.75, 3.05) is 19.7 Å². The number of rotatable bonds is 1. The van der Waals surface area contributed by atoms with Crippen LogP contribution >= 0.6 is 12.4 Å². The molecule has 1 aromatic heterocycles. The highest BCUT2D eigenvalue weighted by molar-refractivity contribution is 5.88. The third kappa shape index (κ3) is 3.15. The van der Waals surface area contributed by atoms with Crippen LogP contribution in [0.4, 0.5) is 4.79 Å². The zero-order chi connectivity index (χ0) is 16.4. The van der Waals surface area contributed by atoms with Gasteiger partial charge in [-0.3, -0.25) is 4.98 Å². The second kappa shape index (κ2) is 7.50. The average Bonchev–Trinajstić information content (AvgIpc) is 2.78. The van der Waals surface area contributed by atoms with Crippen LogP contribution in [0.2, 0.25) is 0 Å². The van der Waals surface area contributed by atoms with E-state index >= 15 is 0 Å². The van der Waals surface area contributed by atoms with E-state index in [1.54, 1.807) is 11.0 Å². The van der Waals surface area contributed by atoms with Crippen molar-refractivity contribution in [1.82, 2.24) is 9.88 Å². The molecule has 0 unspecified atom stereocenters. The number of nitriles is 1. The smallest absolute Gasteiger partial charge is 0.409 e. The molecule has 2 aromatic rings. The summed E-state index contributed by atoms with van der Waals surface area (Å²) in [5.41, 5.74) is 4.70. The van der Waals surface area contributed by atoms with Crippen LogP contribution in [-0.4, -0.2) is 35.7 Å². The maximum atomic E-state index is 12.0. The van der Waals surface area contributed by atoms with Crippen LogP contribution < -0.4 is 0 Å². The number of hydrogen-bond acceptors (Lipinski definition) is 4. The minimum atomic E-state index is -0.264. The fourth-order valence-electron chi connectivity index (χ4n) is 3.17. The van der Waals surface area contributed by atoms with Crippen LogP contribution in [0.15, 0.2) is 18.2 Å². The van der Waals surface area contributed by atoms with Gasteiger partial charge in [-0.2, -0.15) is 5.26 Å². The van der Waals surface area contributed by atoms with Crippen molar-refractivity contribution in [2.45, 2.75) is 26.7 Å². The van der Waals surface area contributed by atoms with Gasteiger partial charge in [0, 0.05) is 30.6 Å². The highest BCUT2D eigenvalue weighted by atomic mass is 35.5. The average molecular weight is 346 g/mol. The molecule has 0 bridgehead atoms. The lowest BCUT2D eigenvalue weighted by Gasteiger charge is -2.18. The van der Waals surface area contributed by atoms with Gasteiger partial charge in [0.1, 0.15) is 6.07 Å². The van der Waals surface area contributed by atoms with Crippen molar-refractivity contribution < 1.29 is 9.53 Å². The van der Waals surface area contributed by atoms with E-state index in [1.165, 1.54) is 5.56 Å². The predicted octanol–water partition coefficient (Wildman–Crippen LogP) is 3.39. The lowest BCUT2D eigenvalue weighted by atomic mass is 9.97. The van der Waals surface area contributed by atoms with Gasteiger partial charge in [-0.25, -0.2) is 4.79 Å². The van der Waals surface area contributed by atoms with Gasteiger partial charge in [0.2, 0.25) is 0 Å². The molecule has 5 nitrogen and oxygen atoms in total. The molecule has 0 fully saturated rings. The highest BCUT2D eigenvalue weighted by Crippen LogP contribution is 2.27. The number of carbonyl (C=O) groups is 1. The van der Waals surface area contributed by atoms with E-state index in [0.717, 1.165) is 28.6 Å². The zero-order valence-corrected chi connectivity index (χ0v) is 14.7. The van der Waals surface area contributed by atoms with E-state index in [9.17, 15) is 10.1 Å². The Hall–Kier alpha value is -2.32. The number of fused-ring (bicyclic) bond motifs is 2. The van der Waals surface area contributed by atoms with E-state index in [-0.39, 0.29) is 18.5 Å². The summed E-state index contributed by atoms with van der Waals surface area (Å²) in [5.74, 6) is 0. The standard InChI is InChI=1S/C18H19N3O2.ClH/c1-3-23-18(22)21-9-7-14-12(2)15-6-4-5-13(11-19)17(15)20-16(14)8-10-21;/h4-6H,3,7-10H2,1-2H3;1H. The van der Waals surface area contributed by atoms with Crippen LogP contribution in [0.5, 0.6) is 0 Å². The van der Waals surface area contributed by atoms with Crippen molar-refractivity contribution in [3.05, 3.63) is 40.6 Å². The Morgan fingerprint density at radius 1 is 1.38 bits per heavy atom. The molecule has 0 saturated heterocycles. The molecule has 1 aromatic carbocycles. The number of nitrogens with zero attached hydrogens (tertiary/aromatic N) is 3. The van der Waals surface area contributed by atoms with Crippen molar-refractivity contribution in [3.63, 3.8) is 0 Å². The lowest BCUT2D eigenvalue weighted by molar-refractivity contribution is 0.109. The molecule has 3 rings (SSSR count). The molecule has 1 aliphatic heterocycles. The molecule has 0 N–H and O–H groups in total. The van der Waals surface area contributed by atoms with Gasteiger partial charge >= 0.3 is 6.09 Å². The minimum Gasteiger partial charge on any atom is -0.450 e. The van der Waals surface area contributed by atoms with Crippen molar-refractivity contribution in [3.8, 4) is 6.07 Å². The van der Waals surface area contributed by atoms with Crippen LogP contribution in [0.1, 0.15) is 29.3 Å². The van der Waals surface area contributed by atoms with E-state index in [0.29, 0.717) is 31.7 Å². The Morgan fingerprint density at radius 3 is 2.83 bits per heavy atom. The number of ether oxygens (including phenoxy) is 1. The Balaban J connectivity index is 0.00000208. The quantitative estimate of drug-likeness (QED) is 0.794. The summed E-state index contributed by atoms with van der Waals surface area (Å²) < 4.78 is 5.10. The number of para-hydroxylation sites is 1. The molecule has 126 valence electrons. The Labute approximate surface area is 147 Å². The number of halogens is 1. The monoisotopic (exact) mass is 345 g/mol. The Bertz CT molecular complexity index is 814. The number of carbonyl (C=O) groups excluding carboxylic acids is 1. The van der Waals surface area contributed by atoms with Gasteiger partial charge in [-0.1, -0.05) is 12.1 Å². The third-order valence-electron chi connectivity index (χ3n) is 4.38. The highest BCUT2D eigenvalue weighted by Gasteiger charge is 2.22. The van der Waals surface area contributed by atoms with Gasteiger partial charge in [0.15, 0.2) is 0 Å². The number of aromatic nitrogens is 1. The van der Waals surface area contributed by atoms with Crippen LogP contribution in [0, 0.1) is 18.3 Å². The van der Waals surface area contributed by atoms with Crippen molar-refractivity contribution in [2.24, 2.45) is 0 Å². The summed E-state index contributed by atoms with van der Waals surface area (Å²) in [4.78, 5) is 18.4. The minimum absolute atomic E-state index is 0. The Morgan fingerprint density at radius 2 is 2.12 bits per heavy atom. The molecule has 0 radical (unpaired) electrons. The number of benzene rings is 1. The summed E-state index contributed by atoms with van der Waals surface area (Å²) in [6.45, 7) is 5.50. The fourth-order valence-corrected chi connectivity index (χ4v) is 3.17. The van der Waals surface area contributed by atoms with E-state index in [4.69, 9.17) is 9.72 Å². The van der Waals surface area contributed by atoms with Gasteiger partial charge in [-0.15, -0.1) is 12.4 Å². The predicted molar refractivity (Wildman–Crippen MR) is 94.4 cm³/mol. The fraction of sp³-hybridized carbons (Fsp3) is 0.389. The van der Waals surface area contributed by atoms with E-state index in [1.807, 2.05) is 19.1 Å². The summed E-state index contributed by atoms with van der Waals surface area (Å²) in [7, 11) is 0. The maximum Gasteiger partial charge on any atom is 0.409 e. The van der Waals surface area contributed by atoms with Gasteiger partial charge in [-0.05, 0) is 37.5 Å². The molecule has 24 heavy (non-hydrogen) atoms. The topological polar surface area (TPSA) is 66.2 Å². The molecule has 6 heteroatoms. The normalized spacial score (nSPS) is 13.5. The molecule has 0 spiro atoms. The Kier molecular flexibility index (Phi) is 5.63. The van der Waals surface area contributed by atoms with Gasteiger partial charge in [0.05, 0.1) is 17.7 Å².